The van der Waals surface area contributed by atoms with Crippen molar-refractivity contribution in [1.82, 2.24) is 0 Å². The molecule has 1 fully saturated rings. The maximum Gasteiger partial charge on any atom is 0.404 e. The fourth-order valence-electron chi connectivity index (χ4n) is 2.93. The minimum Gasteiger partial charge on any atom is -0.440 e. The van der Waals surface area contributed by atoms with Crippen LogP contribution >= 0.6 is 0 Å². The zero-order valence-electron chi connectivity index (χ0n) is 12.5. The fourth-order valence-corrected chi connectivity index (χ4v) is 2.93. The van der Waals surface area contributed by atoms with E-state index in [0.29, 0.717) is 12.0 Å². The summed E-state index contributed by atoms with van der Waals surface area (Å²) in [4.78, 5) is 22.2. The Bertz CT molecular complexity index is 716. The van der Waals surface area contributed by atoms with Crippen molar-refractivity contribution in [2.45, 2.75) is 18.1 Å². The molecule has 118 valence electrons. The number of hydrogen-bond donors (Lipinski definition) is 1. The third-order valence-corrected chi connectivity index (χ3v) is 4.09. The van der Waals surface area contributed by atoms with Gasteiger partial charge in [0.15, 0.2) is 6.10 Å². The van der Waals surface area contributed by atoms with Crippen LogP contribution in [0, 0.1) is 0 Å². The van der Waals surface area contributed by atoms with Crippen LogP contribution in [0.15, 0.2) is 54.6 Å². The van der Waals surface area contributed by atoms with Gasteiger partial charge in [0.05, 0.1) is 6.61 Å². The van der Waals surface area contributed by atoms with Crippen molar-refractivity contribution in [2.24, 2.45) is 5.73 Å². The smallest absolute Gasteiger partial charge is 0.404 e. The molecule has 0 aliphatic carbocycles. The molecule has 2 N–H and O–H groups in total. The first-order chi connectivity index (χ1) is 11.1. The molecule has 1 aliphatic rings. The monoisotopic (exact) mass is 311 g/mol. The van der Waals surface area contributed by atoms with Gasteiger partial charge in [-0.15, -0.1) is 0 Å². The number of amides is 1. The van der Waals surface area contributed by atoms with Crippen molar-refractivity contribution in [1.29, 1.82) is 0 Å². The van der Waals surface area contributed by atoms with Gasteiger partial charge in [-0.05, 0) is 17.2 Å². The number of nitrogens with two attached hydrogens (primary N) is 1. The van der Waals surface area contributed by atoms with Gasteiger partial charge in [0.25, 0.3) is 0 Å². The van der Waals surface area contributed by atoms with E-state index in [2.05, 4.69) is 0 Å². The van der Waals surface area contributed by atoms with Gasteiger partial charge in [-0.25, -0.2) is 4.79 Å². The number of rotatable bonds is 5. The predicted molar refractivity (Wildman–Crippen MR) is 84.1 cm³/mol. The maximum absolute atomic E-state index is 11.2. The lowest BCUT2D eigenvalue weighted by molar-refractivity contribution is -0.244. The molecule has 1 amide bonds. The maximum atomic E-state index is 11.2. The number of aldehydes is 1. The van der Waals surface area contributed by atoms with E-state index in [0.717, 1.165) is 17.4 Å². The number of hydrogen-bond acceptors (Lipinski definition) is 4. The summed E-state index contributed by atoms with van der Waals surface area (Å²) in [5, 5.41) is 0. The number of carbonyl (C=O) groups excluding carboxylic acids is 2. The Hall–Kier alpha value is -2.66. The highest BCUT2D eigenvalue weighted by Crippen LogP contribution is 2.42. The molecule has 3 rings (SSSR count). The van der Waals surface area contributed by atoms with Crippen LogP contribution in [0.3, 0.4) is 0 Å². The van der Waals surface area contributed by atoms with Gasteiger partial charge in [-0.2, -0.15) is 0 Å². The average Bonchev–Trinajstić information content (AvgIpc) is 2.57. The summed E-state index contributed by atoms with van der Waals surface area (Å²) < 4.78 is 11.1. The number of benzene rings is 2. The molecule has 2 aromatic rings. The lowest BCUT2D eigenvalue weighted by atomic mass is 9.78. The van der Waals surface area contributed by atoms with Crippen LogP contribution in [-0.2, 0) is 21.5 Å². The van der Waals surface area contributed by atoms with Gasteiger partial charge in [0.2, 0.25) is 0 Å². The van der Waals surface area contributed by atoms with E-state index in [4.69, 9.17) is 15.2 Å². The van der Waals surface area contributed by atoms with Gasteiger partial charge in [-0.3, -0.25) is 4.79 Å². The molecule has 0 spiro atoms. The largest absolute Gasteiger partial charge is 0.440 e. The van der Waals surface area contributed by atoms with Crippen LogP contribution in [0.5, 0.6) is 0 Å². The third-order valence-electron chi connectivity index (χ3n) is 4.09. The fraction of sp³-hybridized carbons (Fsp3) is 0.222. The van der Waals surface area contributed by atoms with Crippen LogP contribution in [0.1, 0.15) is 21.5 Å². The summed E-state index contributed by atoms with van der Waals surface area (Å²) in [5.41, 5.74) is 6.74. The summed E-state index contributed by atoms with van der Waals surface area (Å²) in [6, 6.07) is 16.9. The Kier molecular flexibility index (Phi) is 4.12. The lowest BCUT2D eigenvalue weighted by Gasteiger charge is -2.48. The Labute approximate surface area is 134 Å². The lowest BCUT2D eigenvalue weighted by Crippen LogP contribution is -2.59. The van der Waals surface area contributed by atoms with Gasteiger partial charge in [-0.1, -0.05) is 48.5 Å². The van der Waals surface area contributed by atoms with Gasteiger partial charge in [0.1, 0.15) is 11.9 Å². The highest BCUT2D eigenvalue weighted by molar-refractivity contribution is 5.75. The van der Waals surface area contributed by atoms with Gasteiger partial charge in [0, 0.05) is 12.0 Å². The van der Waals surface area contributed by atoms with Crippen molar-refractivity contribution in [3.8, 4) is 0 Å². The van der Waals surface area contributed by atoms with Crippen LogP contribution in [0.4, 0.5) is 4.79 Å². The topological polar surface area (TPSA) is 78.6 Å². The Morgan fingerprint density at radius 3 is 2.65 bits per heavy atom. The van der Waals surface area contributed by atoms with Crippen LogP contribution in [0.2, 0.25) is 0 Å². The van der Waals surface area contributed by atoms with Crippen LogP contribution < -0.4 is 5.73 Å². The van der Waals surface area contributed by atoms with Crippen LogP contribution in [0.25, 0.3) is 0 Å². The summed E-state index contributed by atoms with van der Waals surface area (Å²) in [6.07, 6.45) is -0.0134. The minimum atomic E-state index is -0.831. The van der Waals surface area contributed by atoms with Crippen molar-refractivity contribution >= 4 is 12.4 Å². The summed E-state index contributed by atoms with van der Waals surface area (Å²) in [5.74, 6) is 0. The highest BCUT2D eigenvalue weighted by Gasteiger charge is 2.52. The predicted octanol–water partition coefficient (Wildman–Crippen LogP) is 2.43. The molecule has 0 bridgehead atoms. The van der Waals surface area contributed by atoms with E-state index in [1.165, 1.54) is 0 Å². The van der Waals surface area contributed by atoms with E-state index >= 15 is 0 Å². The van der Waals surface area contributed by atoms with E-state index in [1.807, 2.05) is 36.4 Å². The third kappa shape index (κ3) is 2.96. The first-order valence-corrected chi connectivity index (χ1v) is 7.34. The average molecular weight is 311 g/mol. The molecule has 1 saturated heterocycles. The minimum absolute atomic E-state index is 0.279. The van der Waals surface area contributed by atoms with Gasteiger partial charge < -0.3 is 15.2 Å². The molecule has 0 aromatic heterocycles. The molecule has 2 aromatic carbocycles. The Morgan fingerprint density at radius 1 is 1.26 bits per heavy atom. The molecular weight excluding hydrogens is 294 g/mol. The summed E-state index contributed by atoms with van der Waals surface area (Å²) >= 11 is 0. The van der Waals surface area contributed by atoms with Crippen molar-refractivity contribution in [2.75, 3.05) is 6.61 Å². The first-order valence-electron chi connectivity index (χ1n) is 7.34. The van der Waals surface area contributed by atoms with E-state index in [1.54, 1.807) is 18.2 Å². The zero-order valence-corrected chi connectivity index (χ0v) is 12.5. The summed E-state index contributed by atoms with van der Waals surface area (Å²) in [7, 11) is 0. The Balaban J connectivity index is 1.99. The molecular formula is C18H17NO4. The normalized spacial score (nSPS) is 22.9. The number of primary amides is 1. The second-order valence-corrected chi connectivity index (χ2v) is 5.53. The molecule has 1 aliphatic heterocycles. The molecule has 23 heavy (non-hydrogen) atoms. The first kappa shape index (κ1) is 15.2. The van der Waals surface area contributed by atoms with E-state index in [9.17, 15) is 9.59 Å². The number of ether oxygens (including phenoxy) is 2. The second-order valence-electron chi connectivity index (χ2n) is 5.53. The standard InChI is InChI=1S/C18H17NO4/c19-17(21)23-16-12-22-18(16,10-13-5-2-1-3-6-13)15-8-4-7-14(9-15)11-20/h1-9,11,16H,10,12H2,(H2,19,21). The molecule has 2 unspecified atom stereocenters. The highest BCUT2D eigenvalue weighted by atomic mass is 16.6. The molecule has 0 radical (unpaired) electrons. The molecule has 5 heteroatoms. The van der Waals surface area contributed by atoms with Crippen molar-refractivity contribution in [3.63, 3.8) is 0 Å². The SMILES string of the molecule is NC(=O)OC1COC1(Cc1ccccc1)c1cccc(C=O)c1. The van der Waals surface area contributed by atoms with E-state index in [-0.39, 0.29) is 6.61 Å². The van der Waals surface area contributed by atoms with Crippen molar-refractivity contribution < 1.29 is 19.1 Å². The molecule has 2 atom stereocenters. The molecule has 1 heterocycles. The summed E-state index contributed by atoms with van der Waals surface area (Å²) in [6.45, 7) is 0.279. The Morgan fingerprint density at radius 2 is 2.04 bits per heavy atom. The molecule has 0 saturated carbocycles. The van der Waals surface area contributed by atoms with Crippen LogP contribution in [-0.4, -0.2) is 25.1 Å². The quantitative estimate of drug-likeness (QED) is 0.860. The second kappa shape index (κ2) is 6.22. The number of carbonyl (C=O) groups is 2. The van der Waals surface area contributed by atoms with E-state index < -0.39 is 17.8 Å². The zero-order chi connectivity index (χ0) is 16.3. The van der Waals surface area contributed by atoms with Crippen molar-refractivity contribution in [3.05, 3.63) is 71.3 Å². The molecule has 5 nitrogen and oxygen atoms in total. The van der Waals surface area contributed by atoms with Gasteiger partial charge >= 0.3 is 6.09 Å².